The van der Waals surface area contributed by atoms with Crippen molar-refractivity contribution < 1.29 is 26.7 Å². The van der Waals surface area contributed by atoms with E-state index in [1.54, 1.807) is 19.1 Å². The van der Waals surface area contributed by atoms with Gasteiger partial charge in [-0.1, -0.05) is 6.07 Å². The van der Waals surface area contributed by atoms with Gasteiger partial charge in [0.05, 0.1) is 11.3 Å². The molecule has 1 heterocycles. The Labute approximate surface area is 156 Å². The number of halogens is 5. The summed E-state index contributed by atoms with van der Waals surface area (Å²) in [6, 6.07) is 9.49. The molecule has 10 heteroatoms. The van der Waals surface area contributed by atoms with E-state index < -0.39 is 24.8 Å². The Morgan fingerprint density at radius 1 is 1.14 bits per heavy atom. The molecule has 0 spiro atoms. The fourth-order valence-electron chi connectivity index (χ4n) is 2.46. The van der Waals surface area contributed by atoms with Crippen LogP contribution in [0.5, 0.6) is 5.75 Å². The van der Waals surface area contributed by atoms with Gasteiger partial charge in [0.25, 0.3) is 6.43 Å². The van der Waals surface area contributed by atoms with Gasteiger partial charge in [0.15, 0.2) is 0 Å². The van der Waals surface area contributed by atoms with E-state index in [1.165, 1.54) is 29.2 Å². The van der Waals surface area contributed by atoms with E-state index in [0.717, 1.165) is 17.7 Å². The number of hydrogen-bond donors (Lipinski definition) is 1. The van der Waals surface area contributed by atoms with Crippen molar-refractivity contribution in [3.63, 3.8) is 0 Å². The molecule has 0 aliphatic rings. The highest BCUT2D eigenvalue weighted by Gasteiger charge is 2.30. The number of ether oxygens (including phenoxy) is 1. The molecule has 28 heavy (non-hydrogen) atoms. The number of alkyl halides is 5. The first kappa shape index (κ1) is 19.6. The number of aromatic nitrogens is 3. The molecule has 3 aromatic rings. The van der Waals surface area contributed by atoms with Crippen LogP contribution in [0.1, 0.15) is 11.1 Å². The van der Waals surface area contributed by atoms with Crippen molar-refractivity contribution in [2.24, 2.45) is 0 Å². The van der Waals surface area contributed by atoms with Gasteiger partial charge in [-0.15, -0.1) is 5.10 Å². The second-order valence-corrected chi connectivity index (χ2v) is 5.92. The highest BCUT2D eigenvalue weighted by atomic mass is 19.4. The van der Waals surface area contributed by atoms with Crippen LogP contribution < -0.4 is 10.1 Å². The van der Waals surface area contributed by atoms with Gasteiger partial charge in [0, 0.05) is 11.8 Å². The molecule has 1 N–H and O–H groups in total. The molecule has 0 fully saturated rings. The molecule has 0 saturated heterocycles. The summed E-state index contributed by atoms with van der Waals surface area (Å²) in [6.07, 6.45) is -5.79. The van der Waals surface area contributed by atoms with E-state index in [9.17, 15) is 22.0 Å². The van der Waals surface area contributed by atoms with Gasteiger partial charge in [0.2, 0.25) is 5.95 Å². The van der Waals surface area contributed by atoms with Gasteiger partial charge in [-0.2, -0.15) is 18.2 Å². The zero-order valence-corrected chi connectivity index (χ0v) is 14.5. The van der Waals surface area contributed by atoms with Crippen LogP contribution in [0.3, 0.4) is 0 Å². The van der Waals surface area contributed by atoms with Crippen LogP contribution in [-0.4, -0.2) is 27.8 Å². The molecule has 0 bridgehead atoms. The van der Waals surface area contributed by atoms with Crippen LogP contribution in [0.15, 0.2) is 48.8 Å². The topological polar surface area (TPSA) is 52.0 Å². The van der Waals surface area contributed by atoms with E-state index in [2.05, 4.69) is 15.4 Å². The Bertz CT molecular complexity index is 955. The van der Waals surface area contributed by atoms with Gasteiger partial charge in [-0.3, -0.25) is 0 Å². The van der Waals surface area contributed by atoms with Gasteiger partial charge in [0.1, 0.15) is 18.7 Å². The normalized spacial score (nSPS) is 11.7. The Hall–Kier alpha value is -3.17. The second-order valence-electron chi connectivity index (χ2n) is 5.92. The number of benzene rings is 2. The number of nitrogens with zero attached hydrogens (tertiary/aromatic N) is 3. The molecule has 0 aliphatic heterocycles. The lowest BCUT2D eigenvalue weighted by Gasteiger charge is -2.10. The van der Waals surface area contributed by atoms with Crippen molar-refractivity contribution >= 4 is 11.6 Å². The van der Waals surface area contributed by atoms with Gasteiger partial charge >= 0.3 is 6.18 Å². The average Bonchev–Trinajstić information content (AvgIpc) is 3.07. The minimum Gasteiger partial charge on any atom is -0.488 e. The second kappa shape index (κ2) is 7.83. The number of nitrogens with one attached hydrogen (secondary N) is 1. The SMILES string of the molecule is Cc1cc(Nc2ncn(-c3cccc(C(F)(F)F)c3)n2)cc(OCC(F)F)c1. The summed E-state index contributed by atoms with van der Waals surface area (Å²) in [5.74, 6) is 0.378. The average molecular weight is 398 g/mol. The predicted octanol–water partition coefficient (Wildman–Crippen LogP) is 4.98. The summed E-state index contributed by atoms with van der Waals surface area (Å²) < 4.78 is 69.3. The van der Waals surface area contributed by atoms with Crippen LogP contribution in [0.25, 0.3) is 5.69 Å². The van der Waals surface area contributed by atoms with Crippen molar-refractivity contribution in [2.75, 3.05) is 11.9 Å². The maximum absolute atomic E-state index is 12.8. The smallest absolute Gasteiger partial charge is 0.416 e. The summed E-state index contributed by atoms with van der Waals surface area (Å²) in [6.45, 7) is 1.03. The number of hydrogen-bond acceptors (Lipinski definition) is 4. The summed E-state index contributed by atoms with van der Waals surface area (Å²) in [5.41, 5.74) is 0.646. The van der Waals surface area contributed by atoms with Crippen molar-refractivity contribution in [1.82, 2.24) is 14.8 Å². The summed E-state index contributed by atoms with van der Waals surface area (Å²) in [5, 5.41) is 6.97. The molecule has 5 nitrogen and oxygen atoms in total. The Balaban J connectivity index is 1.78. The van der Waals surface area contributed by atoms with E-state index in [4.69, 9.17) is 4.74 Å². The monoisotopic (exact) mass is 398 g/mol. The van der Waals surface area contributed by atoms with Crippen LogP contribution in [0.4, 0.5) is 33.6 Å². The van der Waals surface area contributed by atoms with Crippen LogP contribution in [0, 0.1) is 6.92 Å². The molecule has 0 saturated carbocycles. The molecular weight excluding hydrogens is 383 g/mol. The first-order valence-electron chi connectivity index (χ1n) is 8.10. The maximum atomic E-state index is 12.8. The maximum Gasteiger partial charge on any atom is 0.416 e. The lowest BCUT2D eigenvalue weighted by molar-refractivity contribution is -0.137. The fourth-order valence-corrected chi connectivity index (χ4v) is 2.46. The molecule has 0 radical (unpaired) electrons. The molecule has 0 amide bonds. The summed E-state index contributed by atoms with van der Waals surface area (Å²) in [4.78, 5) is 4.01. The molecule has 0 aliphatic carbocycles. The molecule has 2 aromatic carbocycles. The summed E-state index contributed by atoms with van der Waals surface area (Å²) in [7, 11) is 0. The Kier molecular flexibility index (Phi) is 5.48. The van der Waals surface area contributed by atoms with Gasteiger partial charge in [-0.05, 0) is 42.8 Å². The minimum atomic E-state index is -4.46. The zero-order valence-electron chi connectivity index (χ0n) is 14.5. The van der Waals surface area contributed by atoms with Crippen LogP contribution in [0.2, 0.25) is 0 Å². The fraction of sp³-hybridized carbons (Fsp3) is 0.222. The highest BCUT2D eigenvalue weighted by molar-refractivity contribution is 5.57. The molecule has 148 valence electrons. The Morgan fingerprint density at radius 2 is 1.93 bits per heavy atom. The zero-order chi connectivity index (χ0) is 20.3. The molecule has 3 rings (SSSR count). The number of aryl methyl sites for hydroxylation is 1. The quantitative estimate of drug-likeness (QED) is 0.595. The Morgan fingerprint density at radius 3 is 2.64 bits per heavy atom. The van der Waals surface area contributed by atoms with Gasteiger partial charge in [-0.25, -0.2) is 13.5 Å². The standard InChI is InChI=1S/C18H15F5N4O/c1-11-5-13(8-15(6-11)28-9-16(19)20)25-17-24-10-27(26-17)14-4-2-3-12(7-14)18(21,22)23/h2-8,10,16H,9H2,1H3,(H,25,26). The lowest BCUT2D eigenvalue weighted by Crippen LogP contribution is -2.07. The first-order chi connectivity index (χ1) is 13.2. The van der Waals surface area contributed by atoms with E-state index >= 15 is 0 Å². The first-order valence-corrected chi connectivity index (χ1v) is 8.10. The number of rotatable bonds is 6. The lowest BCUT2D eigenvalue weighted by atomic mass is 10.2. The van der Waals surface area contributed by atoms with Crippen molar-refractivity contribution in [3.8, 4) is 11.4 Å². The van der Waals surface area contributed by atoms with Crippen molar-refractivity contribution in [2.45, 2.75) is 19.5 Å². The molecule has 0 atom stereocenters. The predicted molar refractivity (Wildman–Crippen MR) is 92.3 cm³/mol. The van der Waals surface area contributed by atoms with E-state index in [1.807, 2.05) is 0 Å². The van der Waals surface area contributed by atoms with E-state index in [-0.39, 0.29) is 17.4 Å². The minimum absolute atomic E-state index is 0.128. The molecule has 1 aromatic heterocycles. The molecular formula is C18H15F5N4O. The number of anilines is 2. The van der Waals surface area contributed by atoms with Gasteiger partial charge < -0.3 is 10.1 Å². The van der Waals surface area contributed by atoms with Crippen LogP contribution in [-0.2, 0) is 6.18 Å². The third-order valence-electron chi connectivity index (χ3n) is 3.61. The molecule has 0 unspecified atom stereocenters. The largest absolute Gasteiger partial charge is 0.488 e. The van der Waals surface area contributed by atoms with Crippen molar-refractivity contribution in [1.29, 1.82) is 0 Å². The third-order valence-corrected chi connectivity index (χ3v) is 3.61. The highest BCUT2D eigenvalue weighted by Crippen LogP contribution is 2.30. The van der Waals surface area contributed by atoms with Crippen molar-refractivity contribution in [3.05, 3.63) is 59.9 Å². The van der Waals surface area contributed by atoms with E-state index in [0.29, 0.717) is 5.69 Å². The third kappa shape index (κ3) is 4.96. The summed E-state index contributed by atoms with van der Waals surface area (Å²) >= 11 is 0. The van der Waals surface area contributed by atoms with Crippen LogP contribution >= 0.6 is 0 Å².